The highest BCUT2D eigenvalue weighted by atomic mass is 19.1. The van der Waals surface area contributed by atoms with Crippen LogP contribution < -0.4 is 25.8 Å². The van der Waals surface area contributed by atoms with Gasteiger partial charge in [0.2, 0.25) is 0 Å². The van der Waals surface area contributed by atoms with Crippen molar-refractivity contribution in [1.82, 2.24) is 9.13 Å². The van der Waals surface area contributed by atoms with Gasteiger partial charge in [-0.2, -0.15) is 0 Å². The number of hydrogen-bond donors (Lipinski definition) is 1. The van der Waals surface area contributed by atoms with Crippen molar-refractivity contribution < 1.29 is 14.2 Å². The first-order valence-electron chi connectivity index (χ1n) is 11.3. The second-order valence-corrected chi connectivity index (χ2v) is 8.35. The summed E-state index contributed by atoms with van der Waals surface area (Å²) in [7, 11) is 3.38. The minimum atomic E-state index is -0.709. The fraction of sp³-hybridized carbons (Fsp3) is 0.360. The lowest BCUT2D eigenvalue weighted by Gasteiger charge is -2.30. The summed E-state index contributed by atoms with van der Waals surface area (Å²) in [5.41, 5.74) is 1.37. The molecule has 0 radical (unpaired) electrons. The Morgan fingerprint density at radius 2 is 1.65 bits per heavy atom. The van der Waals surface area contributed by atoms with Gasteiger partial charge in [-0.3, -0.25) is 13.9 Å². The predicted octanol–water partition coefficient (Wildman–Crippen LogP) is 2.45. The lowest BCUT2D eigenvalue weighted by atomic mass is 10.2. The number of halogens is 1. The van der Waals surface area contributed by atoms with E-state index in [1.807, 2.05) is 24.3 Å². The number of hydrogen-bond acceptors (Lipinski definition) is 6. The number of aryl methyl sites for hydroxylation is 1. The van der Waals surface area contributed by atoms with Crippen LogP contribution in [0.4, 0.5) is 15.9 Å². The summed E-state index contributed by atoms with van der Waals surface area (Å²) in [6, 6.07) is 13.8. The summed E-state index contributed by atoms with van der Waals surface area (Å²) in [6.45, 7) is 2.31. The molecule has 1 aliphatic heterocycles. The molecular weight excluding hydrogens is 439 g/mol. The van der Waals surface area contributed by atoms with Gasteiger partial charge in [0.25, 0.3) is 11.9 Å². The van der Waals surface area contributed by atoms with Gasteiger partial charge in [0.1, 0.15) is 23.1 Å². The van der Waals surface area contributed by atoms with Crippen LogP contribution in [0.25, 0.3) is 0 Å². The number of aromatic nitrogens is 2. The normalized spacial score (nSPS) is 15.0. The Labute approximate surface area is 197 Å². The number of fused-ring (bicyclic) bond motifs is 1. The smallest absolute Gasteiger partial charge is 0.332 e. The first-order chi connectivity index (χ1) is 16.3. The van der Waals surface area contributed by atoms with Gasteiger partial charge >= 0.3 is 5.69 Å². The Morgan fingerprint density at radius 3 is 2.26 bits per heavy atom. The van der Waals surface area contributed by atoms with Crippen molar-refractivity contribution in [3.8, 4) is 5.75 Å². The molecule has 180 valence electrons. The molecule has 9 heteroatoms. The lowest BCUT2D eigenvalue weighted by molar-refractivity contribution is 0.201. The number of ether oxygens (including phenoxy) is 1. The summed E-state index contributed by atoms with van der Waals surface area (Å²) in [6.07, 6.45) is 0.478. The van der Waals surface area contributed by atoms with Crippen LogP contribution in [-0.4, -0.2) is 34.2 Å². The van der Waals surface area contributed by atoms with E-state index in [4.69, 9.17) is 4.74 Å². The quantitative estimate of drug-likeness (QED) is 0.547. The number of benzene rings is 2. The van der Waals surface area contributed by atoms with E-state index in [9.17, 15) is 19.1 Å². The van der Waals surface area contributed by atoms with Gasteiger partial charge in [-0.25, -0.2) is 9.18 Å². The van der Waals surface area contributed by atoms with Crippen LogP contribution in [0.2, 0.25) is 0 Å². The second-order valence-electron chi connectivity index (χ2n) is 8.35. The van der Waals surface area contributed by atoms with Crippen LogP contribution in [0.5, 0.6) is 5.75 Å². The summed E-state index contributed by atoms with van der Waals surface area (Å²) in [4.78, 5) is 30.0. The maximum atomic E-state index is 13.5. The van der Waals surface area contributed by atoms with Gasteiger partial charge in [-0.05, 0) is 48.2 Å². The molecule has 34 heavy (non-hydrogen) atoms. The van der Waals surface area contributed by atoms with E-state index >= 15 is 0 Å². The Morgan fingerprint density at radius 1 is 1.00 bits per heavy atom. The third-order valence-corrected chi connectivity index (χ3v) is 6.09. The van der Waals surface area contributed by atoms with Gasteiger partial charge in [-0.1, -0.05) is 31.2 Å². The average molecular weight is 469 g/mol. The Hall–Kier alpha value is -3.59. The van der Waals surface area contributed by atoms with E-state index in [1.165, 1.54) is 22.3 Å². The molecule has 4 rings (SSSR count). The molecule has 0 saturated heterocycles. The Balaban J connectivity index is 1.81. The maximum Gasteiger partial charge on any atom is 0.332 e. The molecule has 2 aromatic carbocycles. The first-order valence-corrected chi connectivity index (χ1v) is 11.3. The Kier molecular flexibility index (Phi) is 6.74. The van der Waals surface area contributed by atoms with Gasteiger partial charge in [0.05, 0.1) is 0 Å². The number of anilines is 2. The monoisotopic (exact) mass is 468 g/mol. The van der Waals surface area contributed by atoms with Crippen LogP contribution in [-0.2, 0) is 26.6 Å². The predicted molar refractivity (Wildman–Crippen MR) is 129 cm³/mol. The van der Waals surface area contributed by atoms with Crippen LogP contribution >= 0.6 is 0 Å². The standard InChI is InChI=1S/C25H29FN4O4/c1-4-17-8-12-20(13-9-17)34-25-28(3)22-21(30(25)16-18-6-10-19(26)11-7-18)23(32)29(14-5-15-31)24(33)27(22)2/h6-13,25,31H,4-5,14-16H2,1-3H3. The maximum absolute atomic E-state index is 13.5. The fourth-order valence-electron chi connectivity index (χ4n) is 4.26. The highest BCUT2D eigenvalue weighted by Crippen LogP contribution is 2.36. The topological polar surface area (TPSA) is 79.9 Å². The zero-order chi connectivity index (χ0) is 24.4. The second kappa shape index (κ2) is 9.72. The van der Waals surface area contributed by atoms with Crippen LogP contribution in [0, 0.1) is 5.82 Å². The molecule has 0 aliphatic carbocycles. The zero-order valence-electron chi connectivity index (χ0n) is 19.6. The molecule has 8 nitrogen and oxygen atoms in total. The highest BCUT2D eigenvalue weighted by Gasteiger charge is 2.40. The third kappa shape index (κ3) is 4.31. The SMILES string of the molecule is CCc1ccc(OC2N(C)c3c(c(=O)n(CCCO)c(=O)n3C)N2Cc2ccc(F)cc2)cc1. The molecule has 3 aromatic rings. The molecule has 1 N–H and O–H groups in total. The van der Waals surface area contributed by atoms with Crippen molar-refractivity contribution in [2.45, 2.75) is 39.2 Å². The summed E-state index contributed by atoms with van der Waals surface area (Å²) in [5.74, 6) is 0.712. The van der Waals surface area contributed by atoms with Crippen molar-refractivity contribution in [3.05, 3.63) is 86.3 Å². The molecule has 0 saturated carbocycles. The molecule has 0 fully saturated rings. The van der Waals surface area contributed by atoms with Gasteiger partial charge < -0.3 is 19.6 Å². The van der Waals surface area contributed by atoms with E-state index in [2.05, 4.69) is 6.92 Å². The van der Waals surface area contributed by atoms with Crippen LogP contribution in [0.1, 0.15) is 24.5 Å². The first kappa shape index (κ1) is 23.6. The van der Waals surface area contributed by atoms with Gasteiger partial charge in [-0.15, -0.1) is 0 Å². The van der Waals surface area contributed by atoms with E-state index in [0.717, 1.165) is 16.6 Å². The summed E-state index contributed by atoms with van der Waals surface area (Å²) in [5, 5.41) is 9.23. The molecule has 2 heterocycles. The summed E-state index contributed by atoms with van der Waals surface area (Å²) >= 11 is 0. The molecule has 0 spiro atoms. The average Bonchev–Trinajstić information content (AvgIpc) is 3.11. The molecule has 1 aromatic heterocycles. The highest BCUT2D eigenvalue weighted by molar-refractivity contribution is 5.73. The summed E-state index contributed by atoms with van der Waals surface area (Å²) < 4.78 is 22.4. The molecule has 0 amide bonds. The molecule has 1 aliphatic rings. The van der Waals surface area contributed by atoms with E-state index in [0.29, 0.717) is 17.3 Å². The Bertz CT molecular complexity index is 1270. The molecule has 1 atom stereocenters. The molecule has 1 unspecified atom stereocenters. The number of nitrogens with zero attached hydrogens (tertiary/aromatic N) is 4. The van der Waals surface area contributed by atoms with Crippen molar-refractivity contribution in [3.63, 3.8) is 0 Å². The van der Waals surface area contributed by atoms with Crippen molar-refractivity contribution in [2.75, 3.05) is 23.5 Å². The van der Waals surface area contributed by atoms with Crippen LogP contribution in [0.15, 0.2) is 58.1 Å². The largest absolute Gasteiger partial charge is 0.452 e. The van der Waals surface area contributed by atoms with E-state index < -0.39 is 17.6 Å². The zero-order valence-corrected chi connectivity index (χ0v) is 19.6. The van der Waals surface area contributed by atoms with Crippen molar-refractivity contribution >= 4 is 11.5 Å². The van der Waals surface area contributed by atoms with Gasteiger partial charge in [0.15, 0.2) is 0 Å². The number of aliphatic hydroxyl groups excluding tert-OH is 1. The van der Waals surface area contributed by atoms with E-state index in [1.54, 1.807) is 36.0 Å². The van der Waals surface area contributed by atoms with Crippen molar-refractivity contribution in [2.24, 2.45) is 7.05 Å². The molecule has 0 bridgehead atoms. The molecular formula is C25H29FN4O4. The van der Waals surface area contributed by atoms with Crippen molar-refractivity contribution in [1.29, 1.82) is 0 Å². The lowest BCUT2D eigenvalue weighted by Crippen LogP contribution is -2.46. The number of rotatable bonds is 8. The third-order valence-electron chi connectivity index (χ3n) is 6.09. The van der Waals surface area contributed by atoms with E-state index in [-0.39, 0.29) is 31.9 Å². The minimum absolute atomic E-state index is 0.105. The minimum Gasteiger partial charge on any atom is -0.452 e. The van der Waals surface area contributed by atoms with Gasteiger partial charge in [0, 0.05) is 33.8 Å². The van der Waals surface area contributed by atoms with Crippen LogP contribution in [0.3, 0.4) is 0 Å². The fourth-order valence-corrected chi connectivity index (χ4v) is 4.26. The number of aliphatic hydroxyl groups is 1.